The summed E-state index contributed by atoms with van der Waals surface area (Å²) in [6.45, 7) is 5.42. The van der Waals surface area contributed by atoms with Crippen molar-refractivity contribution in [3.63, 3.8) is 0 Å². The number of benzene rings is 2. The van der Waals surface area contributed by atoms with Crippen LogP contribution < -0.4 is 4.90 Å². The molecule has 7 heteroatoms. The van der Waals surface area contributed by atoms with Crippen molar-refractivity contribution < 1.29 is 23.9 Å². The number of esters is 1. The Morgan fingerprint density at radius 2 is 1.55 bits per heavy atom. The summed E-state index contributed by atoms with van der Waals surface area (Å²) in [6, 6.07) is 12.8. The van der Waals surface area contributed by atoms with Gasteiger partial charge in [0.15, 0.2) is 12.4 Å². The first-order valence-electron chi connectivity index (χ1n) is 11.3. The lowest BCUT2D eigenvalue weighted by Gasteiger charge is -2.33. The summed E-state index contributed by atoms with van der Waals surface area (Å²) in [5, 5.41) is 0. The van der Waals surface area contributed by atoms with Crippen LogP contribution in [-0.4, -0.2) is 54.2 Å². The van der Waals surface area contributed by atoms with Gasteiger partial charge in [-0.05, 0) is 63.0 Å². The molecule has 2 amide bonds. The van der Waals surface area contributed by atoms with Crippen LogP contribution in [0.15, 0.2) is 48.5 Å². The molecule has 2 fully saturated rings. The van der Waals surface area contributed by atoms with Gasteiger partial charge in [0.1, 0.15) is 0 Å². The molecule has 4 rings (SSSR count). The van der Waals surface area contributed by atoms with Crippen LogP contribution in [0.25, 0.3) is 0 Å². The molecule has 172 valence electrons. The van der Waals surface area contributed by atoms with E-state index in [2.05, 4.69) is 11.8 Å². The molecule has 2 aliphatic rings. The van der Waals surface area contributed by atoms with E-state index in [0.717, 1.165) is 31.5 Å². The van der Waals surface area contributed by atoms with E-state index in [1.807, 2.05) is 19.1 Å². The number of imide groups is 1. The van der Waals surface area contributed by atoms with E-state index in [4.69, 9.17) is 4.74 Å². The number of ketones is 1. The molecule has 2 aromatic rings. The number of aryl methyl sites for hydroxylation is 1. The Hall–Kier alpha value is -3.32. The number of ether oxygens (including phenoxy) is 1. The van der Waals surface area contributed by atoms with Crippen LogP contribution >= 0.6 is 0 Å². The molecular weight excluding hydrogens is 420 g/mol. The monoisotopic (exact) mass is 448 g/mol. The molecule has 0 radical (unpaired) electrons. The Morgan fingerprint density at radius 1 is 0.939 bits per heavy atom. The lowest BCUT2D eigenvalue weighted by Crippen LogP contribution is -2.45. The molecular formula is C26H28N2O5. The second kappa shape index (κ2) is 9.67. The van der Waals surface area contributed by atoms with Gasteiger partial charge in [0.2, 0.25) is 5.91 Å². The Bertz CT molecular complexity index is 1050. The molecule has 0 aliphatic carbocycles. The number of carbonyl (C=O) groups excluding carboxylic acids is 4. The zero-order valence-corrected chi connectivity index (χ0v) is 19.0. The van der Waals surface area contributed by atoms with Crippen molar-refractivity contribution in [2.75, 3.05) is 24.6 Å². The molecule has 2 aliphatic heterocycles. The summed E-state index contributed by atoms with van der Waals surface area (Å²) < 4.78 is 5.14. The average Bonchev–Trinajstić information content (AvgIpc) is 3.12. The van der Waals surface area contributed by atoms with E-state index in [0.29, 0.717) is 17.2 Å². The van der Waals surface area contributed by atoms with E-state index < -0.39 is 12.0 Å². The van der Waals surface area contributed by atoms with E-state index >= 15 is 0 Å². The highest BCUT2D eigenvalue weighted by atomic mass is 16.5. The second-order valence-corrected chi connectivity index (χ2v) is 8.92. The van der Waals surface area contributed by atoms with Gasteiger partial charge in [-0.15, -0.1) is 0 Å². The fraction of sp³-hybridized carbons (Fsp3) is 0.385. The quantitative estimate of drug-likeness (QED) is 0.383. The van der Waals surface area contributed by atoms with Crippen molar-refractivity contribution in [2.24, 2.45) is 5.92 Å². The number of hydrogen-bond acceptors (Lipinski definition) is 6. The number of amides is 2. The molecule has 2 aromatic carbocycles. The minimum atomic E-state index is -0.638. The van der Waals surface area contributed by atoms with E-state index in [1.165, 1.54) is 17.0 Å². The first-order chi connectivity index (χ1) is 15.8. The predicted molar refractivity (Wildman–Crippen MR) is 123 cm³/mol. The summed E-state index contributed by atoms with van der Waals surface area (Å²) >= 11 is 0. The highest BCUT2D eigenvalue weighted by molar-refractivity contribution is 6.22. The zero-order chi connectivity index (χ0) is 23.5. The van der Waals surface area contributed by atoms with Gasteiger partial charge in [-0.25, -0.2) is 9.69 Å². The van der Waals surface area contributed by atoms with Crippen LogP contribution in [0.2, 0.25) is 0 Å². The Labute approximate surface area is 193 Å². The van der Waals surface area contributed by atoms with Crippen LogP contribution in [0.5, 0.6) is 0 Å². The molecule has 2 heterocycles. The smallest absolute Gasteiger partial charge is 0.338 e. The maximum Gasteiger partial charge on any atom is 0.338 e. The van der Waals surface area contributed by atoms with Crippen molar-refractivity contribution >= 4 is 29.3 Å². The molecule has 1 atom stereocenters. The summed E-state index contributed by atoms with van der Waals surface area (Å²) in [7, 11) is 0. The third kappa shape index (κ3) is 5.03. The van der Waals surface area contributed by atoms with Crippen LogP contribution in [0.1, 0.15) is 52.5 Å². The largest absolute Gasteiger partial charge is 0.454 e. The Balaban J connectivity index is 1.36. The Morgan fingerprint density at radius 3 is 2.18 bits per heavy atom. The minimum absolute atomic E-state index is 0.179. The number of likely N-dealkylation sites (tertiary alicyclic amines) is 1. The number of carbonyl (C=O) groups is 4. The maximum atomic E-state index is 13.0. The summed E-state index contributed by atoms with van der Waals surface area (Å²) in [4.78, 5) is 53.5. The SMILES string of the molecule is Cc1ccc(C(=O)COC(=O)c2ccc(N3C(=O)CC(N4CCC(C)CC4)C3=O)cc2)cc1. The van der Waals surface area contributed by atoms with Gasteiger partial charge in [-0.1, -0.05) is 36.8 Å². The highest BCUT2D eigenvalue weighted by Crippen LogP contribution is 2.28. The Kier molecular flexibility index (Phi) is 6.70. The van der Waals surface area contributed by atoms with Crippen LogP contribution in [0.3, 0.4) is 0 Å². The number of anilines is 1. The highest BCUT2D eigenvalue weighted by Gasteiger charge is 2.43. The van der Waals surface area contributed by atoms with Gasteiger partial charge in [-0.2, -0.15) is 0 Å². The molecule has 0 aromatic heterocycles. The topological polar surface area (TPSA) is 84.0 Å². The van der Waals surface area contributed by atoms with Gasteiger partial charge in [0, 0.05) is 5.56 Å². The van der Waals surface area contributed by atoms with Crippen molar-refractivity contribution in [1.29, 1.82) is 0 Å². The van der Waals surface area contributed by atoms with Crippen LogP contribution in [0, 0.1) is 12.8 Å². The molecule has 33 heavy (non-hydrogen) atoms. The number of piperidine rings is 1. The maximum absolute atomic E-state index is 13.0. The summed E-state index contributed by atoms with van der Waals surface area (Å²) in [5.41, 5.74) is 2.20. The number of nitrogens with zero attached hydrogens (tertiary/aromatic N) is 2. The molecule has 7 nitrogen and oxygen atoms in total. The molecule has 0 N–H and O–H groups in total. The van der Waals surface area contributed by atoms with Crippen molar-refractivity contribution in [1.82, 2.24) is 4.90 Å². The predicted octanol–water partition coefficient (Wildman–Crippen LogP) is 3.40. The fourth-order valence-corrected chi connectivity index (χ4v) is 4.30. The van der Waals surface area contributed by atoms with Gasteiger partial charge in [-0.3, -0.25) is 19.3 Å². The fourth-order valence-electron chi connectivity index (χ4n) is 4.30. The standard InChI is InChI=1S/C26H28N2O5/c1-17-3-5-19(6-4-17)23(29)16-33-26(32)20-7-9-21(10-8-20)28-24(30)15-22(25(28)31)27-13-11-18(2)12-14-27/h3-10,18,22H,11-16H2,1-2H3. The van der Waals surface area contributed by atoms with Gasteiger partial charge in [0.05, 0.1) is 23.7 Å². The number of hydrogen-bond donors (Lipinski definition) is 0. The van der Waals surface area contributed by atoms with E-state index in [-0.39, 0.29) is 36.2 Å². The number of rotatable bonds is 6. The third-order valence-corrected chi connectivity index (χ3v) is 6.45. The first kappa shape index (κ1) is 22.9. The molecule has 0 bridgehead atoms. The van der Waals surface area contributed by atoms with Crippen LogP contribution in [0.4, 0.5) is 5.69 Å². The van der Waals surface area contributed by atoms with Gasteiger partial charge < -0.3 is 4.74 Å². The summed E-state index contributed by atoms with van der Waals surface area (Å²) in [6.07, 6.45) is 2.24. The molecule has 0 spiro atoms. The molecule has 2 saturated heterocycles. The normalized spacial score (nSPS) is 19.7. The minimum Gasteiger partial charge on any atom is -0.454 e. The van der Waals surface area contributed by atoms with Gasteiger partial charge in [0.25, 0.3) is 5.91 Å². The molecule has 1 unspecified atom stereocenters. The zero-order valence-electron chi connectivity index (χ0n) is 19.0. The van der Waals surface area contributed by atoms with Crippen molar-refractivity contribution in [3.05, 3.63) is 65.2 Å². The first-order valence-corrected chi connectivity index (χ1v) is 11.3. The lowest BCUT2D eigenvalue weighted by molar-refractivity contribution is -0.123. The van der Waals surface area contributed by atoms with Crippen LogP contribution in [-0.2, 0) is 14.3 Å². The molecule has 0 saturated carbocycles. The van der Waals surface area contributed by atoms with Crippen molar-refractivity contribution in [3.8, 4) is 0 Å². The van der Waals surface area contributed by atoms with E-state index in [9.17, 15) is 19.2 Å². The van der Waals surface area contributed by atoms with E-state index in [1.54, 1.807) is 24.3 Å². The average molecular weight is 449 g/mol. The second-order valence-electron chi connectivity index (χ2n) is 8.92. The van der Waals surface area contributed by atoms with Gasteiger partial charge >= 0.3 is 5.97 Å². The summed E-state index contributed by atoms with van der Waals surface area (Å²) in [5.74, 6) is -0.729. The third-order valence-electron chi connectivity index (χ3n) is 6.45. The van der Waals surface area contributed by atoms with Crippen molar-refractivity contribution in [2.45, 2.75) is 39.2 Å². The lowest BCUT2D eigenvalue weighted by atomic mass is 9.97. The number of Topliss-reactive ketones (excluding diaryl/α,β-unsaturated/α-hetero) is 1.